The number of carbonyl (C=O) groups is 1. The highest BCUT2D eigenvalue weighted by Gasteiger charge is 2.17. The predicted octanol–water partition coefficient (Wildman–Crippen LogP) is 6.57. The molecule has 1 aromatic heterocycles. The number of aromatic amines is 1. The fraction of sp³-hybridized carbons (Fsp3) is 0.292. The Morgan fingerprint density at radius 2 is 2.00 bits per heavy atom. The molecule has 1 N–H and O–H groups in total. The second kappa shape index (κ2) is 8.87. The second-order valence-electron chi connectivity index (χ2n) is 7.64. The van der Waals surface area contributed by atoms with Gasteiger partial charge in [-0.1, -0.05) is 26.0 Å². The van der Waals surface area contributed by atoms with E-state index in [0.717, 1.165) is 16.5 Å². The molecule has 0 atom stereocenters. The molecule has 152 valence electrons. The van der Waals surface area contributed by atoms with Gasteiger partial charge < -0.3 is 14.5 Å². The third kappa shape index (κ3) is 4.73. The first kappa shape index (κ1) is 21.2. The molecule has 0 aliphatic rings. The Labute approximate surface area is 180 Å². The van der Waals surface area contributed by atoms with E-state index in [1.807, 2.05) is 19.2 Å². The maximum absolute atomic E-state index is 13.1. The minimum atomic E-state index is -0.0547. The van der Waals surface area contributed by atoms with Crippen LogP contribution in [0, 0.1) is 12.8 Å². The van der Waals surface area contributed by atoms with E-state index < -0.39 is 0 Å². The Kier molecular flexibility index (Phi) is 6.48. The van der Waals surface area contributed by atoms with E-state index in [9.17, 15) is 4.79 Å². The predicted molar refractivity (Wildman–Crippen MR) is 122 cm³/mol. The number of carbonyl (C=O) groups excluding carboxylic acids is 1. The molecule has 0 aliphatic carbocycles. The van der Waals surface area contributed by atoms with Crippen molar-refractivity contribution in [2.24, 2.45) is 5.92 Å². The molecule has 0 amide bonds. The summed E-state index contributed by atoms with van der Waals surface area (Å²) in [5, 5.41) is 1.10. The van der Waals surface area contributed by atoms with Crippen molar-refractivity contribution in [1.29, 1.82) is 0 Å². The molecular formula is C24H26BrNO3. The number of Topliss-reactive ketones (excluding diaryl/α,β-unsaturated/α-hetero) is 1. The zero-order valence-electron chi connectivity index (χ0n) is 17.4. The molecule has 0 aliphatic heterocycles. The minimum Gasteiger partial charge on any atom is -0.493 e. The maximum atomic E-state index is 13.1. The molecule has 0 saturated heterocycles. The number of allylic oxidation sites excluding steroid dienone is 1. The van der Waals surface area contributed by atoms with Crippen LogP contribution in [0.15, 0.2) is 46.6 Å². The normalized spacial score (nSPS) is 11.9. The van der Waals surface area contributed by atoms with Crippen LogP contribution < -0.4 is 9.47 Å². The minimum absolute atomic E-state index is 0.0547. The number of hydrogen-bond acceptors (Lipinski definition) is 3. The van der Waals surface area contributed by atoms with E-state index in [0.29, 0.717) is 39.6 Å². The molecule has 0 saturated carbocycles. The average molecular weight is 456 g/mol. The van der Waals surface area contributed by atoms with E-state index in [1.54, 1.807) is 19.2 Å². The molecule has 3 aromatic rings. The summed E-state index contributed by atoms with van der Waals surface area (Å²) in [4.78, 5) is 16.3. The van der Waals surface area contributed by atoms with E-state index in [2.05, 4.69) is 59.9 Å². The van der Waals surface area contributed by atoms with E-state index in [-0.39, 0.29) is 5.78 Å². The Morgan fingerprint density at radius 3 is 2.69 bits per heavy atom. The number of ketones is 1. The SMILES string of the molecule is COc1cc(C(=O)/C(C)=C/c2c[nH]c3cc(C)ccc23)cc(Br)c1OCC(C)C. The molecule has 0 radical (unpaired) electrons. The standard InChI is InChI=1S/C24H26BrNO3/c1-14(2)13-29-24-20(25)10-17(11-22(24)28-5)23(27)16(4)9-18-12-26-21-8-15(3)6-7-19(18)21/h6-12,14,26H,13H2,1-5H3/b16-9+. The van der Waals surface area contributed by atoms with Gasteiger partial charge in [-0.05, 0) is 71.1 Å². The van der Waals surface area contributed by atoms with Gasteiger partial charge in [0.05, 0.1) is 18.2 Å². The second-order valence-corrected chi connectivity index (χ2v) is 8.50. The van der Waals surface area contributed by atoms with Crippen molar-refractivity contribution < 1.29 is 14.3 Å². The van der Waals surface area contributed by atoms with Crippen LogP contribution in [-0.2, 0) is 0 Å². The van der Waals surface area contributed by atoms with Gasteiger partial charge in [0, 0.05) is 28.2 Å². The van der Waals surface area contributed by atoms with Crippen LogP contribution in [-0.4, -0.2) is 24.5 Å². The van der Waals surface area contributed by atoms with Gasteiger partial charge in [0.15, 0.2) is 17.3 Å². The van der Waals surface area contributed by atoms with Crippen LogP contribution in [0.5, 0.6) is 11.5 Å². The highest BCUT2D eigenvalue weighted by atomic mass is 79.9. The Hall–Kier alpha value is -2.53. The smallest absolute Gasteiger partial charge is 0.188 e. The van der Waals surface area contributed by atoms with Gasteiger partial charge in [0.2, 0.25) is 0 Å². The Morgan fingerprint density at radius 1 is 1.24 bits per heavy atom. The number of aromatic nitrogens is 1. The third-order valence-corrected chi connectivity index (χ3v) is 5.24. The van der Waals surface area contributed by atoms with Crippen molar-refractivity contribution in [3.05, 3.63) is 63.3 Å². The van der Waals surface area contributed by atoms with Gasteiger partial charge in [-0.2, -0.15) is 0 Å². The van der Waals surface area contributed by atoms with Crippen molar-refractivity contribution in [2.45, 2.75) is 27.7 Å². The topological polar surface area (TPSA) is 51.3 Å². The number of hydrogen-bond donors (Lipinski definition) is 1. The molecular weight excluding hydrogens is 430 g/mol. The molecule has 5 heteroatoms. The number of ether oxygens (including phenoxy) is 2. The summed E-state index contributed by atoms with van der Waals surface area (Å²) in [6.07, 6.45) is 3.85. The zero-order chi connectivity index (χ0) is 21.1. The van der Waals surface area contributed by atoms with Gasteiger partial charge in [-0.15, -0.1) is 0 Å². The molecule has 0 spiro atoms. The first-order chi connectivity index (χ1) is 13.8. The van der Waals surface area contributed by atoms with Crippen molar-refractivity contribution in [2.75, 3.05) is 13.7 Å². The number of H-pyrrole nitrogens is 1. The first-order valence-electron chi connectivity index (χ1n) is 9.61. The average Bonchev–Trinajstić information content (AvgIpc) is 3.07. The Bertz CT molecular complexity index is 1080. The molecule has 29 heavy (non-hydrogen) atoms. The fourth-order valence-electron chi connectivity index (χ4n) is 3.15. The van der Waals surface area contributed by atoms with Crippen LogP contribution in [0.1, 0.15) is 42.3 Å². The van der Waals surface area contributed by atoms with Gasteiger partial charge in [-0.25, -0.2) is 0 Å². The van der Waals surface area contributed by atoms with E-state index in [4.69, 9.17) is 9.47 Å². The van der Waals surface area contributed by atoms with Crippen LogP contribution >= 0.6 is 15.9 Å². The molecule has 4 nitrogen and oxygen atoms in total. The quantitative estimate of drug-likeness (QED) is 0.323. The third-order valence-electron chi connectivity index (χ3n) is 4.65. The summed E-state index contributed by atoms with van der Waals surface area (Å²) in [6, 6.07) is 9.77. The molecule has 0 bridgehead atoms. The van der Waals surface area contributed by atoms with Crippen LogP contribution in [0.2, 0.25) is 0 Å². The summed E-state index contributed by atoms with van der Waals surface area (Å²) in [7, 11) is 1.58. The van der Waals surface area contributed by atoms with Crippen molar-refractivity contribution in [1.82, 2.24) is 4.98 Å². The maximum Gasteiger partial charge on any atom is 0.188 e. The van der Waals surface area contributed by atoms with Crippen molar-refractivity contribution >= 4 is 38.7 Å². The van der Waals surface area contributed by atoms with Crippen molar-refractivity contribution in [3.8, 4) is 11.5 Å². The number of nitrogens with one attached hydrogen (secondary N) is 1. The molecule has 3 rings (SSSR count). The number of aryl methyl sites for hydroxylation is 1. The molecule has 2 aromatic carbocycles. The highest BCUT2D eigenvalue weighted by Crippen LogP contribution is 2.37. The Balaban J connectivity index is 1.92. The lowest BCUT2D eigenvalue weighted by molar-refractivity contribution is 0.103. The summed E-state index contributed by atoms with van der Waals surface area (Å²) in [5.41, 5.74) is 4.45. The van der Waals surface area contributed by atoms with Crippen LogP contribution in [0.25, 0.3) is 17.0 Å². The lowest BCUT2D eigenvalue weighted by Gasteiger charge is -2.15. The van der Waals surface area contributed by atoms with Crippen molar-refractivity contribution in [3.63, 3.8) is 0 Å². The van der Waals surface area contributed by atoms with Crippen LogP contribution in [0.4, 0.5) is 0 Å². The van der Waals surface area contributed by atoms with Crippen LogP contribution in [0.3, 0.4) is 0 Å². The largest absolute Gasteiger partial charge is 0.493 e. The van der Waals surface area contributed by atoms with Gasteiger partial charge in [-0.3, -0.25) is 4.79 Å². The number of methoxy groups -OCH3 is 1. The molecule has 0 unspecified atom stereocenters. The number of halogens is 1. The summed E-state index contributed by atoms with van der Waals surface area (Å²) < 4.78 is 12.0. The first-order valence-corrected chi connectivity index (χ1v) is 10.4. The lowest BCUT2D eigenvalue weighted by atomic mass is 10.0. The van der Waals surface area contributed by atoms with E-state index >= 15 is 0 Å². The van der Waals surface area contributed by atoms with E-state index in [1.165, 1.54) is 5.56 Å². The fourth-order valence-corrected chi connectivity index (χ4v) is 3.71. The summed E-state index contributed by atoms with van der Waals surface area (Å²) in [5.74, 6) is 1.49. The number of rotatable bonds is 7. The highest BCUT2D eigenvalue weighted by molar-refractivity contribution is 9.10. The number of benzene rings is 2. The lowest BCUT2D eigenvalue weighted by Crippen LogP contribution is -2.07. The van der Waals surface area contributed by atoms with Gasteiger partial charge in [0.25, 0.3) is 0 Å². The summed E-state index contributed by atoms with van der Waals surface area (Å²) in [6.45, 7) is 8.63. The van der Waals surface area contributed by atoms with Gasteiger partial charge >= 0.3 is 0 Å². The molecule has 0 fully saturated rings. The zero-order valence-corrected chi connectivity index (χ0v) is 19.0. The van der Waals surface area contributed by atoms with Gasteiger partial charge in [0.1, 0.15) is 0 Å². The summed E-state index contributed by atoms with van der Waals surface area (Å²) >= 11 is 3.52. The molecule has 1 heterocycles. The monoisotopic (exact) mass is 455 g/mol. The number of fused-ring (bicyclic) bond motifs is 1.